The number of nitrogens with zero attached hydrogens (tertiary/aromatic N) is 2. The van der Waals surface area contributed by atoms with Gasteiger partial charge in [-0.25, -0.2) is 9.97 Å². The number of hydrogen-bond acceptors (Lipinski definition) is 6. The second kappa shape index (κ2) is 5.97. The van der Waals surface area contributed by atoms with Crippen LogP contribution in [0.25, 0.3) is 0 Å². The number of ether oxygens (including phenoxy) is 3. The van der Waals surface area contributed by atoms with E-state index in [0.29, 0.717) is 24.8 Å². The van der Waals surface area contributed by atoms with Crippen LogP contribution in [0.15, 0.2) is 30.6 Å². The van der Waals surface area contributed by atoms with Crippen molar-refractivity contribution < 1.29 is 14.2 Å². The first-order valence-electron chi connectivity index (χ1n) is 6.79. The lowest BCUT2D eigenvalue weighted by atomic mass is 10.0. The predicted octanol–water partition coefficient (Wildman–Crippen LogP) is 1.69. The van der Waals surface area contributed by atoms with Crippen molar-refractivity contribution in [3.63, 3.8) is 0 Å². The lowest BCUT2D eigenvalue weighted by molar-refractivity contribution is 0.297. The lowest BCUT2D eigenvalue weighted by Gasteiger charge is -2.14. The Labute approximate surface area is 122 Å². The zero-order chi connectivity index (χ0) is 14.7. The minimum Gasteiger partial charge on any atom is -0.490 e. The van der Waals surface area contributed by atoms with Gasteiger partial charge in [-0.2, -0.15) is 0 Å². The van der Waals surface area contributed by atoms with E-state index in [1.165, 1.54) is 6.33 Å². The van der Waals surface area contributed by atoms with Gasteiger partial charge >= 0.3 is 0 Å². The normalized spacial score (nSPS) is 15.1. The number of methoxy groups -OCH3 is 1. The summed E-state index contributed by atoms with van der Waals surface area (Å²) in [6, 6.07) is 7.06. The van der Waals surface area contributed by atoms with Crippen LogP contribution in [0.3, 0.4) is 0 Å². The van der Waals surface area contributed by atoms with E-state index < -0.39 is 0 Å². The number of benzene rings is 1. The second-order valence-corrected chi connectivity index (χ2v) is 4.72. The summed E-state index contributed by atoms with van der Waals surface area (Å²) in [6.45, 7) is 1.31. The van der Waals surface area contributed by atoms with Gasteiger partial charge in [0.1, 0.15) is 6.33 Å². The van der Waals surface area contributed by atoms with Gasteiger partial charge < -0.3 is 19.9 Å². The van der Waals surface area contributed by atoms with Crippen LogP contribution in [-0.4, -0.2) is 30.3 Å². The molecule has 0 spiro atoms. The molecular weight excluding hydrogens is 270 g/mol. The summed E-state index contributed by atoms with van der Waals surface area (Å²) in [4.78, 5) is 8.19. The van der Waals surface area contributed by atoms with Crippen molar-refractivity contribution in [2.45, 2.75) is 12.5 Å². The summed E-state index contributed by atoms with van der Waals surface area (Å²) in [7, 11) is 1.56. The molecule has 2 aromatic rings. The van der Waals surface area contributed by atoms with Gasteiger partial charge in [-0.05, 0) is 17.7 Å². The molecule has 0 aliphatic carbocycles. The summed E-state index contributed by atoms with van der Waals surface area (Å²) in [5.74, 6) is 1.97. The molecular formula is C15H17N3O3. The Bertz CT molecular complexity index is 633. The van der Waals surface area contributed by atoms with E-state index in [0.717, 1.165) is 23.5 Å². The van der Waals surface area contributed by atoms with Crippen LogP contribution >= 0.6 is 0 Å². The van der Waals surface area contributed by atoms with Crippen LogP contribution in [-0.2, 0) is 0 Å². The van der Waals surface area contributed by atoms with Gasteiger partial charge in [0, 0.05) is 12.5 Å². The minimum atomic E-state index is -0.376. The van der Waals surface area contributed by atoms with Gasteiger partial charge in [-0.3, -0.25) is 0 Å². The zero-order valence-electron chi connectivity index (χ0n) is 11.8. The highest BCUT2D eigenvalue weighted by molar-refractivity contribution is 5.45. The second-order valence-electron chi connectivity index (χ2n) is 4.72. The molecule has 1 aromatic carbocycles. The number of fused-ring (bicyclic) bond motifs is 1. The SMILES string of the molecule is COc1cc(C(N)c2ccc3c(c2)OCCCO3)ncn1. The van der Waals surface area contributed by atoms with Crippen molar-refractivity contribution in [2.75, 3.05) is 20.3 Å². The molecule has 110 valence electrons. The fourth-order valence-corrected chi connectivity index (χ4v) is 2.18. The topological polar surface area (TPSA) is 79.5 Å². The molecule has 0 saturated heterocycles. The first-order valence-corrected chi connectivity index (χ1v) is 6.79. The third-order valence-electron chi connectivity index (χ3n) is 3.32. The van der Waals surface area contributed by atoms with Gasteiger partial charge in [0.15, 0.2) is 11.5 Å². The average molecular weight is 287 g/mol. The van der Waals surface area contributed by atoms with Crippen molar-refractivity contribution in [2.24, 2.45) is 5.73 Å². The lowest BCUT2D eigenvalue weighted by Crippen LogP contribution is -2.14. The molecule has 0 fully saturated rings. The molecule has 6 heteroatoms. The third kappa shape index (κ3) is 2.90. The molecule has 6 nitrogen and oxygen atoms in total. The van der Waals surface area contributed by atoms with Gasteiger partial charge in [0.05, 0.1) is 32.1 Å². The average Bonchev–Trinajstić information content (AvgIpc) is 2.78. The van der Waals surface area contributed by atoms with Crippen LogP contribution in [0.1, 0.15) is 23.7 Å². The van der Waals surface area contributed by atoms with Crippen LogP contribution in [0, 0.1) is 0 Å². The highest BCUT2D eigenvalue weighted by atomic mass is 16.5. The molecule has 1 unspecified atom stereocenters. The number of rotatable bonds is 3. The molecule has 21 heavy (non-hydrogen) atoms. The quantitative estimate of drug-likeness (QED) is 0.925. The van der Waals surface area contributed by atoms with Gasteiger partial charge in [0.25, 0.3) is 0 Å². The Morgan fingerprint density at radius 1 is 1.14 bits per heavy atom. The predicted molar refractivity (Wildman–Crippen MR) is 76.7 cm³/mol. The van der Waals surface area contributed by atoms with Crippen molar-refractivity contribution in [3.05, 3.63) is 41.9 Å². The van der Waals surface area contributed by atoms with Crippen LogP contribution in [0.4, 0.5) is 0 Å². The molecule has 2 heterocycles. The van der Waals surface area contributed by atoms with E-state index in [-0.39, 0.29) is 6.04 Å². The highest BCUT2D eigenvalue weighted by Crippen LogP contribution is 2.33. The fourth-order valence-electron chi connectivity index (χ4n) is 2.18. The Hall–Kier alpha value is -2.34. The molecule has 0 radical (unpaired) electrons. The maximum atomic E-state index is 6.27. The third-order valence-corrected chi connectivity index (χ3v) is 3.32. The largest absolute Gasteiger partial charge is 0.490 e. The summed E-state index contributed by atoms with van der Waals surface area (Å²) in [6.07, 6.45) is 2.32. The van der Waals surface area contributed by atoms with Gasteiger partial charge in [-0.1, -0.05) is 6.07 Å². The molecule has 1 aliphatic rings. The van der Waals surface area contributed by atoms with Crippen LogP contribution in [0.2, 0.25) is 0 Å². The zero-order valence-corrected chi connectivity index (χ0v) is 11.8. The summed E-state index contributed by atoms with van der Waals surface area (Å²) in [5, 5.41) is 0. The van der Waals surface area contributed by atoms with Gasteiger partial charge in [0.2, 0.25) is 5.88 Å². The fraction of sp³-hybridized carbons (Fsp3) is 0.333. The van der Waals surface area contributed by atoms with Crippen LogP contribution in [0.5, 0.6) is 17.4 Å². The number of hydrogen-bond donors (Lipinski definition) is 1. The maximum absolute atomic E-state index is 6.27. The molecule has 0 amide bonds. The van der Waals surface area contributed by atoms with E-state index in [9.17, 15) is 0 Å². The molecule has 2 N–H and O–H groups in total. The molecule has 1 aromatic heterocycles. The van der Waals surface area contributed by atoms with Crippen LogP contribution < -0.4 is 19.9 Å². The van der Waals surface area contributed by atoms with E-state index in [1.807, 2.05) is 18.2 Å². The Balaban J connectivity index is 1.90. The van der Waals surface area contributed by atoms with Crippen molar-refractivity contribution >= 4 is 0 Å². The maximum Gasteiger partial charge on any atom is 0.216 e. The molecule has 0 saturated carbocycles. The molecule has 1 atom stereocenters. The molecule has 0 bridgehead atoms. The summed E-state index contributed by atoms with van der Waals surface area (Å²) >= 11 is 0. The monoisotopic (exact) mass is 287 g/mol. The van der Waals surface area contributed by atoms with Crippen molar-refractivity contribution in [3.8, 4) is 17.4 Å². The van der Waals surface area contributed by atoms with E-state index in [4.69, 9.17) is 19.9 Å². The highest BCUT2D eigenvalue weighted by Gasteiger charge is 2.16. The van der Waals surface area contributed by atoms with E-state index in [1.54, 1.807) is 13.2 Å². The first kappa shape index (κ1) is 13.6. The summed E-state index contributed by atoms with van der Waals surface area (Å²) in [5.41, 5.74) is 7.86. The number of aromatic nitrogens is 2. The molecule has 1 aliphatic heterocycles. The van der Waals surface area contributed by atoms with Crippen molar-refractivity contribution in [1.82, 2.24) is 9.97 Å². The van der Waals surface area contributed by atoms with Crippen molar-refractivity contribution in [1.29, 1.82) is 0 Å². The smallest absolute Gasteiger partial charge is 0.216 e. The first-order chi connectivity index (χ1) is 10.3. The Morgan fingerprint density at radius 2 is 1.95 bits per heavy atom. The standard InChI is InChI=1S/C15H17N3O3/c1-19-14-8-11(17-9-18-14)15(16)10-3-4-12-13(7-10)21-6-2-5-20-12/h3-4,7-9,15H,2,5-6,16H2,1H3. The van der Waals surface area contributed by atoms with E-state index >= 15 is 0 Å². The minimum absolute atomic E-state index is 0.376. The molecule has 3 rings (SSSR count). The summed E-state index contributed by atoms with van der Waals surface area (Å²) < 4.78 is 16.4. The Morgan fingerprint density at radius 3 is 2.76 bits per heavy atom. The van der Waals surface area contributed by atoms with Gasteiger partial charge in [-0.15, -0.1) is 0 Å². The van der Waals surface area contributed by atoms with E-state index in [2.05, 4.69) is 9.97 Å². The Kier molecular flexibility index (Phi) is 3.87. The number of nitrogens with two attached hydrogens (primary N) is 1.